The van der Waals surface area contributed by atoms with Crippen LogP contribution in [0.4, 0.5) is 0 Å². The largest absolute Gasteiger partial charge is 0.387 e. The number of epoxide rings is 1. The number of rotatable bonds is 13. The van der Waals surface area contributed by atoms with Gasteiger partial charge < -0.3 is 9.84 Å². The molecular formula is C20H40O2. The summed E-state index contributed by atoms with van der Waals surface area (Å²) in [6, 6.07) is 0. The average Bonchev–Trinajstić information content (AvgIpc) is 3.22. The Morgan fingerprint density at radius 1 is 0.909 bits per heavy atom. The molecule has 132 valence electrons. The molecule has 0 saturated carbocycles. The van der Waals surface area contributed by atoms with Gasteiger partial charge in [-0.25, -0.2) is 0 Å². The molecule has 1 rings (SSSR count). The molecule has 1 heterocycles. The van der Waals surface area contributed by atoms with Crippen molar-refractivity contribution in [3.63, 3.8) is 0 Å². The van der Waals surface area contributed by atoms with Crippen LogP contribution < -0.4 is 0 Å². The Labute approximate surface area is 139 Å². The molecule has 4 unspecified atom stereocenters. The predicted molar refractivity (Wildman–Crippen MR) is 95.1 cm³/mol. The highest BCUT2D eigenvalue weighted by Gasteiger charge is 2.41. The molecule has 0 bridgehead atoms. The van der Waals surface area contributed by atoms with Crippen LogP contribution in [0.5, 0.6) is 0 Å². The van der Waals surface area contributed by atoms with Crippen LogP contribution in [0.2, 0.25) is 0 Å². The van der Waals surface area contributed by atoms with Crippen molar-refractivity contribution in [1.82, 2.24) is 0 Å². The highest BCUT2D eigenvalue weighted by Crippen LogP contribution is 2.30. The van der Waals surface area contributed by atoms with Crippen molar-refractivity contribution in [2.75, 3.05) is 6.61 Å². The maximum atomic E-state index is 10.2. The fraction of sp³-hybridized carbons (Fsp3) is 1.00. The van der Waals surface area contributed by atoms with Crippen molar-refractivity contribution in [3.05, 3.63) is 0 Å². The van der Waals surface area contributed by atoms with Crippen LogP contribution in [0, 0.1) is 17.8 Å². The van der Waals surface area contributed by atoms with Crippen LogP contribution in [0.3, 0.4) is 0 Å². The Morgan fingerprint density at radius 2 is 1.36 bits per heavy atom. The molecule has 4 atom stereocenters. The van der Waals surface area contributed by atoms with E-state index in [1.165, 1.54) is 44.9 Å². The van der Waals surface area contributed by atoms with E-state index in [-0.39, 0.29) is 6.10 Å². The molecule has 0 aromatic rings. The maximum Gasteiger partial charge on any atom is 0.109 e. The Balaban J connectivity index is 1.97. The first kappa shape index (κ1) is 20.0. The summed E-state index contributed by atoms with van der Waals surface area (Å²) in [6.45, 7) is 12.1. The lowest BCUT2D eigenvalue weighted by Crippen LogP contribution is -2.31. The molecule has 0 spiro atoms. The molecule has 22 heavy (non-hydrogen) atoms. The second-order valence-corrected chi connectivity index (χ2v) is 8.54. The van der Waals surface area contributed by atoms with Crippen molar-refractivity contribution in [3.8, 4) is 0 Å². The lowest BCUT2D eigenvalue weighted by atomic mass is 9.89. The van der Waals surface area contributed by atoms with E-state index in [1.54, 1.807) is 0 Å². The van der Waals surface area contributed by atoms with Crippen LogP contribution in [-0.4, -0.2) is 23.4 Å². The first-order valence-corrected chi connectivity index (χ1v) is 9.65. The number of ether oxygens (including phenoxy) is 1. The summed E-state index contributed by atoms with van der Waals surface area (Å²) in [6.07, 6.45) is 11.6. The SMILES string of the molecule is CC(C)CCCC(C)CCCC(C)CCCC(C)(O)C1CO1. The molecule has 2 heteroatoms. The summed E-state index contributed by atoms with van der Waals surface area (Å²) in [4.78, 5) is 0. The minimum atomic E-state index is -0.593. The zero-order chi connectivity index (χ0) is 16.6. The smallest absolute Gasteiger partial charge is 0.109 e. The molecular weight excluding hydrogens is 272 g/mol. The monoisotopic (exact) mass is 312 g/mol. The minimum absolute atomic E-state index is 0.106. The molecule has 0 aromatic carbocycles. The number of aliphatic hydroxyl groups is 1. The standard InChI is InChI=1S/C20H40O2/c1-16(2)9-6-10-17(3)11-7-12-18(4)13-8-14-20(5,21)19-15-22-19/h16-19,21H,6-15H2,1-5H3. The van der Waals surface area contributed by atoms with Gasteiger partial charge in [0.25, 0.3) is 0 Å². The van der Waals surface area contributed by atoms with Gasteiger partial charge in [-0.2, -0.15) is 0 Å². The van der Waals surface area contributed by atoms with Crippen LogP contribution >= 0.6 is 0 Å². The summed E-state index contributed by atoms with van der Waals surface area (Å²) >= 11 is 0. The van der Waals surface area contributed by atoms with E-state index >= 15 is 0 Å². The van der Waals surface area contributed by atoms with E-state index in [4.69, 9.17) is 4.74 Å². The van der Waals surface area contributed by atoms with Gasteiger partial charge >= 0.3 is 0 Å². The fourth-order valence-electron chi connectivity index (χ4n) is 3.35. The average molecular weight is 313 g/mol. The van der Waals surface area contributed by atoms with Crippen LogP contribution in [0.15, 0.2) is 0 Å². The van der Waals surface area contributed by atoms with Crippen molar-refractivity contribution in [2.45, 2.75) is 104 Å². The quantitative estimate of drug-likeness (QED) is 0.451. The predicted octanol–water partition coefficient (Wildman–Crippen LogP) is 5.58. The van der Waals surface area contributed by atoms with E-state index in [1.807, 2.05) is 6.92 Å². The third kappa shape index (κ3) is 9.15. The summed E-state index contributed by atoms with van der Waals surface area (Å²) in [5.74, 6) is 2.53. The highest BCUT2D eigenvalue weighted by atomic mass is 16.6. The van der Waals surface area contributed by atoms with E-state index < -0.39 is 5.60 Å². The molecule has 0 aromatic heterocycles. The molecule has 0 aliphatic carbocycles. The Bertz CT molecular complexity index is 281. The van der Waals surface area contributed by atoms with Gasteiger partial charge in [-0.15, -0.1) is 0 Å². The third-order valence-corrected chi connectivity index (χ3v) is 5.28. The molecule has 2 nitrogen and oxygen atoms in total. The molecule has 1 aliphatic rings. The van der Waals surface area contributed by atoms with Gasteiger partial charge in [0, 0.05) is 0 Å². The Kier molecular flexibility index (Phi) is 9.01. The Morgan fingerprint density at radius 3 is 1.82 bits per heavy atom. The molecule has 1 fully saturated rings. The highest BCUT2D eigenvalue weighted by molar-refractivity contribution is 4.90. The Hall–Kier alpha value is -0.0800. The van der Waals surface area contributed by atoms with Gasteiger partial charge in [-0.05, 0) is 31.1 Å². The summed E-state index contributed by atoms with van der Waals surface area (Å²) in [5.41, 5.74) is -0.593. The number of hydrogen-bond acceptors (Lipinski definition) is 2. The topological polar surface area (TPSA) is 32.8 Å². The molecule has 1 N–H and O–H groups in total. The van der Waals surface area contributed by atoms with E-state index in [0.29, 0.717) is 0 Å². The fourth-order valence-corrected chi connectivity index (χ4v) is 3.35. The van der Waals surface area contributed by atoms with Crippen LogP contribution in [0.25, 0.3) is 0 Å². The lowest BCUT2D eigenvalue weighted by molar-refractivity contribution is 0.0184. The molecule has 0 radical (unpaired) electrons. The van der Waals surface area contributed by atoms with Gasteiger partial charge in [0.05, 0.1) is 12.2 Å². The van der Waals surface area contributed by atoms with Crippen molar-refractivity contribution in [1.29, 1.82) is 0 Å². The normalized spacial score (nSPS) is 23.3. The van der Waals surface area contributed by atoms with Crippen LogP contribution in [0.1, 0.15) is 92.4 Å². The second-order valence-electron chi connectivity index (χ2n) is 8.54. The van der Waals surface area contributed by atoms with Gasteiger partial charge in [0.15, 0.2) is 0 Å². The molecule has 1 aliphatic heterocycles. The van der Waals surface area contributed by atoms with E-state index in [9.17, 15) is 5.11 Å². The zero-order valence-electron chi connectivity index (χ0n) is 15.7. The number of hydrogen-bond donors (Lipinski definition) is 1. The van der Waals surface area contributed by atoms with Crippen molar-refractivity contribution in [2.24, 2.45) is 17.8 Å². The molecule has 0 amide bonds. The van der Waals surface area contributed by atoms with Gasteiger partial charge in [0.1, 0.15) is 6.10 Å². The summed E-state index contributed by atoms with van der Waals surface area (Å²) < 4.78 is 5.22. The second kappa shape index (κ2) is 9.93. The summed E-state index contributed by atoms with van der Waals surface area (Å²) in [5, 5.41) is 10.2. The van der Waals surface area contributed by atoms with Crippen LogP contribution in [-0.2, 0) is 4.74 Å². The third-order valence-electron chi connectivity index (χ3n) is 5.28. The van der Waals surface area contributed by atoms with Gasteiger partial charge in [0.2, 0.25) is 0 Å². The minimum Gasteiger partial charge on any atom is -0.387 e. The first-order chi connectivity index (χ1) is 10.3. The van der Waals surface area contributed by atoms with E-state index in [2.05, 4.69) is 27.7 Å². The van der Waals surface area contributed by atoms with Gasteiger partial charge in [-0.3, -0.25) is 0 Å². The molecule has 1 saturated heterocycles. The lowest BCUT2D eigenvalue weighted by Gasteiger charge is -2.21. The first-order valence-electron chi connectivity index (χ1n) is 9.65. The summed E-state index contributed by atoms with van der Waals surface area (Å²) in [7, 11) is 0. The maximum absolute atomic E-state index is 10.2. The van der Waals surface area contributed by atoms with Crippen molar-refractivity contribution >= 4 is 0 Å². The van der Waals surface area contributed by atoms with Gasteiger partial charge in [-0.1, -0.05) is 79.1 Å². The zero-order valence-corrected chi connectivity index (χ0v) is 15.7. The van der Waals surface area contributed by atoms with E-state index in [0.717, 1.165) is 37.2 Å². The van der Waals surface area contributed by atoms with Crippen molar-refractivity contribution < 1.29 is 9.84 Å².